The summed E-state index contributed by atoms with van der Waals surface area (Å²) in [5.74, 6) is 0. The molecule has 1 N–H and O–H groups in total. The predicted molar refractivity (Wildman–Crippen MR) is 85.8 cm³/mol. The molecular weight excluding hydrogens is 348 g/mol. The summed E-state index contributed by atoms with van der Waals surface area (Å²) in [6.45, 7) is 3.49. The number of hydrogen-bond acceptors (Lipinski definition) is 2. The van der Waals surface area contributed by atoms with E-state index >= 15 is 0 Å². The van der Waals surface area contributed by atoms with Crippen molar-refractivity contribution in [1.29, 1.82) is 0 Å². The van der Waals surface area contributed by atoms with Gasteiger partial charge in [-0.05, 0) is 25.8 Å². The second-order valence-electron chi connectivity index (χ2n) is 5.35. The number of hydrogen-bond donors (Lipinski definition) is 1. The van der Waals surface area contributed by atoms with E-state index in [9.17, 15) is 0 Å². The molecule has 0 atom stereocenters. The number of nitrogens with one attached hydrogen (secondary N) is 1. The first kappa shape index (κ1) is 19.0. The van der Waals surface area contributed by atoms with Crippen molar-refractivity contribution < 1.29 is 2.72 Å². The quantitative estimate of drug-likeness (QED) is 0.550. The van der Waals surface area contributed by atoms with Gasteiger partial charge in [0, 0.05) is 6.04 Å². The topological polar surface area (TPSA) is 21.3 Å². The van der Waals surface area contributed by atoms with Gasteiger partial charge in [0.15, 0.2) is 0 Å². The van der Waals surface area contributed by atoms with E-state index in [1.54, 1.807) is 0 Å². The predicted octanol–water partition coefficient (Wildman–Crippen LogP) is 4.21. The first-order valence-electron chi connectivity index (χ1n) is 7.32. The van der Waals surface area contributed by atoms with Gasteiger partial charge in [0.2, 0.25) is 0 Å². The minimum absolute atomic E-state index is 0.719. The van der Waals surface area contributed by atoms with Gasteiger partial charge in [-0.1, -0.05) is 32.6 Å². The summed E-state index contributed by atoms with van der Waals surface area (Å²) in [4.78, 5) is 0. The third-order valence-electron chi connectivity index (χ3n) is 2.90. The Hall–Kier alpha value is 1.04. The van der Waals surface area contributed by atoms with Gasteiger partial charge in [-0.2, -0.15) is 0 Å². The first-order valence-corrected chi connectivity index (χ1v) is 16.4. The van der Waals surface area contributed by atoms with E-state index < -0.39 is 30.0 Å². The zero-order chi connectivity index (χ0) is 13.8. The van der Waals surface area contributed by atoms with Crippen molar-refractivity contribution >= 4 is 30.0 Å². The van der Waals surface area contributed by atoms with E-state index in [2.05, 4.69) is 35.1 Å². The van der Waals surface area contributed by atoms with Crippen molar-refractivity contribution in [3.8, 4) is 0 Å². The number of unbranched alkanes of at least 4 members (excludes halogenated alkanes) is 1. The Morgan fingerprint density at radius 3 is 1.94 bits per heavy atom. The van der Waals surface area contributed by atoms with Crippen molar-refractivity contribution in [2.75, 3.05) is 6.54 Å². The van der Waals surface area contributed by atoms with Crippen LogP contribution in [-0.2, 0) is 2.72 Å². The first-order chi connectivity index (χ1) is 8.56. The van der Waals surface area contributed by atoms with Crippen LogP contribution in [0.5, 0.6) is 0 Å². The van der Waals surface area contributed by atoms with Gasteiger partial charge in [0.1, 0.15) is 0 Å². The Kier molecular flexibility index (Phi) is 13.8. The second-order valence-corrected chi connectivity index (χ2v) is 14.3. The summed E-state index contributed by atoms with van der Waals surface area (Å²) in [6.07, 6.45) is 9.86. The van der Waals surface area contributed by atoms with Crippen LogP contribution in [0, 0.1) is 0 Å². The molecule has 0 bridgehead atoms. The van der Waals surface area contributed by atoms with Gasteiger partial charge in [0.25, 0.3) is 0 Å². The van der Waals surface area contributed by atoms with Gasteiger partial charge in [-0.3, -0.25) is 0 Å². The fraction of sp³-hybridized carbons (Fsp3) is 1.00. The summed E-state index contributed by atoms with van der Waals surface area (Å²) in [7, 11) is 0. The Labute approximate surface area is 125 Å². The van der Waals surface area contributed by atoms with Crippen LogP contribution in [0.4, 0.5) is 0 Å². The molecule has 0 amide bonds. The number of rotatable bonds is 6. The Morgan fingerprint density at radius 1 is 1.00 bits per heavy atom. The fourth-order valence-corrected chi connectivity index (χ4v) is 10.6. The van der Waals surface area contributed by atoms with Gasteiger partial charge in [0.05, 0.1) is 0 Å². The molecule has 0 spiro atoms. The van der Waals surface area contributed by atoms with Gasteiger partial charge >= 0.3 is 55.5 Å². The van der Waals surface area contributed by atoms with Crippen LogP contribution in [-0.4, -0.2) is 42.6 Å². The molecule has 0 unspecified atom stereocenters. The molecule has 0 saturated heterocycles. The summed E-state index contributed by atoms with van der Waals surface area (Å²) >= 11 is -1.44. The molecule has 0 aliphatic heterocycles. The van der Waals surface area contributed by atoms with Crippen molar-refractivity contribution in [2.24, 2.45) is 0 Å². The molecule has 0 radical (unpaired) electrons. The van der Waals surface area contributed by atoms with Crippen molar-refractivity contribution in [1.82, 2.24) is 5.32 Å². The van der Waals surface area contributed by atoms with E-state index in [-0.39, 0.29) is 0 Å². The molecule has 1 aliphatic rings. The van der Waals surface area contributed by atoms with Crippen LogP contribution in [0.3, 0.4) is 0 Å². The molecule has 4 heteroatoms. The van der Waals surface area contributed by atoms with Crippen LogP contribution < -0.4 is 5.32 Å². The standard InChI is InChI=1S/C10H21N.C4H12As2O/c1-2-3-9-11-10-7-5-4-6-8-10;1-5(2)7-6(3)4/h10-11H,2-9H2,1H3;1-4H3. The Morgan fingerprint density at radius 2 is 1.56 bits per heavy atom. The monoisotopic (exact) mass is 381 g/mol. The zero-order valence-corrected chi connectivity index (χ0v) is 16.8. The molecule has 1 aliphatic carbocycles. The molecule has 0 aromatic rings. The van der Waals surface area contributed by atoms with Gasteiger partial charge in [-0.25, -0.2) is 0 Å². The van der Waals surface area contributed by atoms with Crippen LogP contribution in [0.1, 0.15) is 51.9 Å². The maximum absolute atomic E-state index is 5.54. The minimum atomic E-state index is -0.719. The van der Waals surface area contributed by atoms with E-state index in [1.165, 1.54) is 51.5 Å². The molecule has 1 fully saturated rings. The van der Waals surface area contributed by atoms with Crippen LogP contribution in [0.2, 0.25) is 22.8 Å². The summed E-state index contributed by atoms with van der Waals surface area (Å²) < 4.78 is 5.54. The van der Waals surface area contributed by atoms with Gasteiger partial charge < -0.3 is 5.32 Å². The third kappa shape index (κ3) is 13.5. The molecule has 1 saturated carbocycles. The maximum atomic E-state index is 5.54. The zero-order valence-electron chi connectivity index (χ0n) is 13.0. The molecule has 0 heterocycles. The molecule has 18 heavy (non-hydrogen) atoms. The van der Waals surface area contributed by atoms with E-state index in [0.717, 1.165) is 6.04 Å². The average molecular weight is 381 g/mol. The normalized spacial score (nSPS) is 16.8. The summed E-state index contributed by atoms with van der Waals surface area (Å²) in [6, 6.07) is 0.857. The molecule has 0 aromatic heterocycles. The molecular formula is C14H33As2NO. The van der Waals surface area contributed by atoms with E-state index in [1.807, 2.05) is 0 Å². The van der Waals surface area contributed by atoms with Crippen LogP contribution >= 0.6 is 0 Å². The average Bonchev–Trinajstić information content (AvgIpc) is 2.30. The fourth-order valence-electron chi connectivity index (χ4n) is 2.12. The SMILES string of the molecule is CCCCNC1CCCCC1.C[As](C)O[As](C)C. The van der Waals surface area contributed by atoms with Crippen molar-refractivity contribution in [2.45, 2.75) is 80.8 Å². The summed E-state index contributed by atoms with van der Waals surface area (Å²) in [5.41, 5.74) is 8.90. The molecule has 110 valence electrons. The van der Waals surface area contributed by atoms with E-state index in [0.29, 0.717) is 0 Å². The van der Waals surface area contributed by atoms with Crippen molar-refractivity contribution in [3.63, 3.8) is 0 Å². The molecule has 1 rings (SSSR count). The van der Waals surface area contributed by atoms with Crippen LogP contribution in [0.25, 0.3) is 0 Å². The van der Waals surface area contributed by atoms with Crippen molar-refractivity contribution in [3.05, 3.63) is 0 Å². The van der Waals surface area contributed by atoms with Gasteiger partial charge in [-0.15, -0.1) is 0 Å². The molecule has 2 nitrogen and oxygen atoms in total. The van der Waals surface area contributed by atoms with E-state index in [4.69, 9.17) is 2.72 Å². The Bertz CT molecular complexity index is 165. The summed E-state index contributed by atoms with van der Waals surface area (Å²) in [5, 5.41) is 3.62. The second kappa shape index (κ2) is 13.0. The molecule has 0 aromatic carbocycles. The Balaban J connectivity index is 0.000000360. The third-order valence-corrected chi connectivity index (χ3v) is 11.4. The van der Waals surface area contributed by atoms with Crippen LogP contribution in [0.15, 0.2) is 0 Å².